The molecule has 1 aliphatic carbocycles. The van der Waals surface area contributed by atoms with Gasteiger partial charge in [-0.05, 0) is 49.5 Å². The molecule has 4 N–H and O–H groups in total. The second kappa shape index (κ2) is 19.2. The fraction of sp³-hybridized carbons (Fsp3) is 0.647. The van der Waals surface area contributed by atoms with Crippen LogP contribution < -0.4 is 21.3 Å². The van der Waals surface area contributed by atoms with Crippen LogP contribution in [0.4, 0.5) is 17.6 Å². The predicted molar refractivity (Wildman–Crippen MR) is 171 cm³/mol. The molecule has 1 heterocycles. The van der Waals surface area contributed by atoms with Gasteiger partial charge in [0.1, 0.15) is 12.1 Å². The van der Waals surface area contributed by atoms with Crippen molar-refractivity contribution in [3.05, 3.63) is 35.9 Å². The van der Waals surface area contributed by atoms with E-state index in [-0.39, 0.29) is 12.5 Å². The van der Waals surface area contributed by atoms with Crippen LogP contribution in [0.2, 0.25) is 0 Å². The summed E-state index contributed by atoms with van der Waals surface area (Å²) in [7, 11) is 0. The van der Waals surface area contributed by atoms with Crippen molar-refractivity contribution < 1.29 is 46.3 Å². The Bertz CT molecular complexity index is 1280. The van der Waals surface area contributed by atoms with Crippen LogP contribution in [-0.4, -0.2) is 84.8 Å². The molecule has 6 atom stereocenters. The van der Waals surface area contributed by atoms with Crippen molar-refractivity contribution in [2.75, 3.05) is 13.1 Å². The van der Waals surface area contributed by atoms with Crippen molar-refractivity contribution in [2.24, 2.45) is 17.8 Å². The summed E-state index contributed by atoms with van der Waals surface area (Å²) in [5.41, 5.74) is 0.787. The maximum Gasteiger partial charge on any atom is 0.290 e. The second-order valence-electron chi connectivity index (χ2n) is 12.8. The van der Waals surface area contributed by atoms with E-state index in [1.54, 1.807) is 44.2 Å². The number of benzene rings is 1. The van der Waals surface area contributed by atoms with Gasteiger partial charge in [-0.25, -0.2) is 17.6 Å². The third kappa shape index (κ3) is 11.2. The topological polar surface area (TPSA) is 154 Å². The van der Waals surface area contributed by atoms with E-state index in [0.717, 1.165) is 29.7 Å². The standard InChI is InChI=1S/C34H47F4N5O6/c1-3-21-18-43(34(49)29(40-19-44)23-12-8-5-9-13-23)30(24(21)16-27(37)38)32(47)42-25(14-15-26(35)36)31(46)33(48)39-17-28(45)41-20(2)22-10-6-4-7-11-22/h4,6-7,10-11,19-21,23-27,29-30H,3,5,8-9,12-18H2,1-2H3,(H,39,48)(H,40,44)(H,41,45)(H,42,47)/t20?,21-,24-,25?,29?,30?/m0/s1. The molecule has 5 amide bonds. The predicted octanol–water partition coefficient (Wildman–Crippen LogP) is 3.28. The van der Waals surface area contributed by atoms with Crippen molar-refractivity contribution >= 4 is 35.8 Å². The number of Topliss-reactive ketones (excluding diaryl/α,β-unsaturated/α-hetero) is 1. The normalized spacial score (nSPS) is 21.5. The van der Waals surface area contributed by atoms with Gasteiger partial charge in [-0.3, -0.25) is 28.8 Å². The average Bonchev–Trinajstić information content (AvgIpc) is 3.45. The number of rotatable bonds is 18. The molecule has 0 spiro atoms. The van der Waals surface area contributed by atoms with Gasteiger partial charge in [0, 0.05) is 19.4 Å². The largest absolute Gasteiger partial charge is 0.348 e. The number of ketones is 1. The zero-order valence-corrected chi connectivity index (χ0v) is 27.8. The molecule has 1 aromatic rings. The highest BCUT2D eigenvalue weighted by Gasteiger charge is 2.50. The van der Waals surface area contributed by atoms with Crippen LogP contribution in [-0.2, 0) is 28.8 Å². The number of carbonyl (C=O) groups is 6. The Morgan fingerprint density at radius 1 is 0.939 bits per heavy atom. The second-order valence-corrected chi connectivity index (χ2v) is 12.8. The molecule has 15 heteroatoms. The first-order valence-electron chi connectivity index (χ1n) is 16.9. The van der Waals surface area contributed by atoms with Gasteiger partial charge in [-0.15, -0.1) is 0 Å². The van der Waals surface area contributed by atoms with Crippen molar-refractivity contribution in [2.45, 2.75) is 109 Å². The summed E-state index contributed by atoms with van der Waals surface area (Å²) < 4.78 is 54.2. The molecule has 272 valence electrons. The van der Waals surface area contributed by atoms with Crippen LogP contribution in [0.1, 0.15) is 83.2 Å². The van der Waals surface area contributed by atoms with Gasteiger partial charge in [0.15, 0.2) is 0 Å². The first-order valence-corrected chi connectivity index (χ1v) is 16.9. The SMILES string of the molecule is CC[C@H]1CN(C(=O)C(NC=O)C2CCCCC2)C(C(=O)NC(CCC(F)F)C(=O)C(=O)NCC(=O)NC(C)c2ccccc2)[C@H]1CC(F)F. The molecule has 0 aromatic heterocycles. The summed E-state index contributed by atoms with van der Waals surface area (Å²) in [6, 6.07) is 4.19. The number of halogens is 4. The summed E-state index contributed by atoms with van der Waals surface area (Å²) in [6.07, 6.45) is -3.41. The van der Waals surface area contributed by atoms with Crippen LogP contribution in [0, 0.1) is 17.8 Å². The zero-order chi connectivity index (χ0) is 36.1. The van der Waals surface area contributed by atoms with Crippen LogP contribution in [0.5, 0.6) is 0 Å². The Morgan fingerprint density at radius 3 is 2.20 bits per heavy atom. The quantitative estimate of drug-likeness (QED) is 0.105. The van der Waals surface area contributed by atoms with Gasteiger partial charge in [-0.2, -0.15) is 0 Å². The van der Waals surface area contributed by atoms with E-state index in [9.17, 15) is 46.3 Å². The van der Waals surface area contributed by atoms with Gasteiger partial charge in [0.2, 0.25) is 42.8 Å². The minimum Gasteiger partial charge on any atom is -0.348 e. The van der Waals surface area contributed by atoms with E-state index >= 15 is 0 Å². The van der Waals surface area contributed by atoms with E-state index in [0.29, 0.717) is 25.7 Å². The maximum absolute atomic E-state index is 14.0. The molecule has 0 radical (unpaired) electrons. The molecular weight excluding hydrogens is 650 g/mol. The molecule has 3 rings (SSSR count). The van der Waals surface area contributed by atoms with E-state index in [4.69, 9.17) is 0 Å². The lowest BCUT2D eigenvalue weighted by molar-refractivity contribution is -0.145. The summed E-state index contributed by atoms with van der Waals surface area (Å²) >= 11 is 0. The highest BCUT2D eigenvalue weighted by atomic mass is 19.3. The first-order chi connectivity index (χ1) is 23.4. The minimum atomic E-state index is -2.90. The Hall–Kier alpha value is -4.04. The number of nitrogens with one attached hydrogen (secondary N) is 4. The van der Waals surface area contributed by atoms with Crippen molar-refractivity contribution in [1.29, 1.82) is 0 Å². The van der Waals surface area contributed by atoms with Crippen LogP contribution in [0.3, 0.4) is 0 Å². The Kier molecular flexibility index (Phi) is 15.5. The maximum atomic E-state index is 14.0. The van der Waals surface area contributed by atoms with Gasteiger partial charge >= 0.3 is 0 Å². The number of carbonyl (C=O) groups excluding carboxylic acids is 6. The minimum absolute atomic E-state index is 0.0682. The van der Waals surface area contributed by atoms with Gasteiger partial charge in [0.05, 0.1) is 18.6 Å². The Labute approximate surface area is 283 Å². The molecule has 2 aliphatic rings. The summed E-state index contributed by atoms with van der Waals surface area (Å²) in [5.74, 6) is -6.75. The van der Waals surface area contributed by atoms with E-state index in [1.165, 1.54) is 0 Å². The lowest BCUT2D eigenvalue weighted by atomic mass is 9.83. The monoisotopic (exact) mass is 697 g/mol. The number of nitrogens with zero attached hydrogens (tertiary/aromatic N) is 1. The molecule has 1 aliphatic heterocycles. The zero-order valence-electron chi connectivity index (χ0n) is 27.8. The van der Waals surface area contributed by atoms with Crippen molar-refractivity contribution in [3.8, 4) is 0 Å². The molecule has 1 aromatic carbocycles. The summed E-state index contributed by atoms with van der Waals surface area (Å²) in [5, 5.41) is 9.67. The van der Waals surface area contributed by atoms with Crippen molar-refractivity contribution in [3.63, 3.8) is 0 Å². The van der Waals surface area contributed by atoms with Crippen LogP contribution in [0.25, 0.3) is 0 Å². The summed E-state index contributed by atoms with van der Waals surface area (Å²) in [6.45, 7) is 2.75. The van der Waals surface area contributed by atoms with E-state index in [2.05, 4.69) is 21.3 Å². The average molecular weight is 698 g/mol. The molecule has 11 nitrogen and oxygen atoms in total. The fourth-order valence-electron chi connectivity index (χ4n) is 6.98. The molecule has 1 saturated carbocycles. The number of hydrogen-bond acceptors (Lipinski definition) is 6. The molecule has 0 bridgehead atoms. The fourth-order valence-corrected chi connectivity index (χ4v) is 6.98. The highest BCUT2D eigenvalue weighted by Crippen LogP contribution is 2.38. The lowest BCUT2D eigenvalue weighted by Gasteiger charge is -2.35. The Balaban J connectivity index is 1.80. The first kappa shape index (κ1) is 39.4. The molecule has 1 saturated heterocycles. The highest BCUT2D eigenvalue weighted by molar-refractivity contribution is 6.38. The van der Waals surface area contributed by atoms with Crippen molar-refractivity contribution in [1.82, 2.24) is 26.2 Å². The molecular formula is C34H47F4N5O6. The smallest absolute Gasteiger partial charge is 0.290 e. The van der Waals surface area contributed by atoms with E-state index in [1.807, 2.05) is 0 Å². The van der Waals surface area contributed by atoms with Crippen LogP contribution in [0.15, 0.2) is 30.3 Å². The molecule has 49 heavy (non-hydrogen) atoms. The third-order valence-electron chi connectivity index (χ3n) is 9.56. The third-order valence-corrected chi connectivity index (χ3v) is 9.56. The lowest BCUT2D eigenvalue weighted by Crippen LogP contribution is -2.58. The van der Waals surface area contributed by atoms with Gasteiger partial charge in [0.25, 0.3) is 5.91 Å². The number of hydrogen-bond donors (Lipinski definition) is 4. The van der Waals surface area contributed by atoms with Gasteiger partial charge in [-0.1, -0.05) is 62.9 Å². The Morgan fingerprint density at radius 2 is 1.61 bits per heavy atom. The molecule has 2 fully saturated rings. The summed E-state index contributed by atoms with van der Waals surface area (Å²) in [4.78, 5) is 79.0. The van der Waals surface area contributed by atoms with Crippen LogP contribution >= 0.6 is 0 Å². The molecule has 4 unspecified atom stereocenters. The van der Waals surface area contributed by atoms with E-state index < -0.39 is 104 Å². The van der Waals surface area contributed by atoms with Gasteiger partial charge < -0.3 is 26.2 Å². The number of likely N-dealkylation sites (tertiary alicyclic amines) is 1. The number of alkyl halides is 4. The number of amides is 5.